The highest BCUT2D eigenvalue weighted by Gasteiger charge is 2.35. The molecular formula is C18H20FN3O3. The van der Waals surface area contributed by atoms with E-state index in [2.05, 4.69) is 5.10 Å². The van der Waals surface area contributed by atoms with Gasteiger partial charge >= 0.3 is 5.97 Å². The summed E-state index contributed by atoms with van der Waals surface area (Å²) in [6.45, 7) is 2.21. The molecule has 0 radical (unpaired) electrons. The molecule has 1 aliphatic heterocycles. The summed E-state index contributed by atoms with van der Waals surface area (Å²) in [7, 11) is 1.78. The van der Waals surface area contributed by atoms with Crippen molar-refractivity contribution in [2.45, 2.75) is 19.3 Å². The first-order chi connectivity index (χ1) is 11.8. The lowest BCUT2D eigenvalue weighted by molar-refractivity contribution is -0.143. The Kier molecular flexibility index (Phi) is 4.57. The number of aliphatic carboxylic acids is 1. The topological polar surface area (TPSA) is 75.4 Å². The number of benzene rings is 1. The number of carbonyl (C=O) groups is 2. The smallest absolute Gasteiger partial charge is 0.308 e. The third kappa shape index (κ3) is 3.55. The molecule has 0 bridgehead atoms. The Morgan fingerprint density at radius 3 is 2.72 bits per heavy atom. The van der Waals surface area contributed by atoms with Crippen molar-refractivity contribution in [1.82, 2.24) is 14.7 Å². The van der Waals surface area contributed by atoms with Gasteiger partial charge in [-0.3, -0.25) is 14.3 Å². The van der Waals surface area contributed by atoms with Crippen LogP contribution in [0.15, 0.2) is 30.6 Å². The van der Waals surface area contributed by atoms with Gasteiger partial charge in [0.25, 0.3) is 5.91 Å². The number of carbonyl (C=O) groups excluding carboxylic acids is 1. The van der Waals surface area contributed by atoms with E-state index in [1.807, 2.05) is 6.20 Å². The van der Waals surface area contributed by atoms with E-state index in [0.29, 0.717) is 13.0 Å². The number of likely N-dealkylation sites (tertiary alicyclic amines) is 1. The second kappa shape index (κ2) is 6.66. The van der Waals surface area contributed by atoms with Crippen molar-refractivity contribution in [2.75, 3.05) is 13.1 Å². The van der Waals surface area contributed by atoms with E-state index in [9.17, 15) is 19.1 Å². The molecule has 2 unspecified atom stereocenters. The summed E-state index contributed by atoms with van der Waals surface area (Å²) in [5.74, 6) is -2.83. The fraction of sp³-hybridized carbons (Fsp3) is 0.389. The highest BCUT2D eigenvalue weighted by Crippen LogP contribution is 2.31. The van der Waals surface area contributed by atoms with E-state index in [1.54, 1.807) is 30.9 Å². The fourth-order valence-electron chi connectivity index (χ4n) is 3.31. The van der Waals surface area contributed by atoms with Crippen molar-refractivity contribution in [3.8, 4) is 0 Å². The van der Waals surface area contributed by atoms with Crippen LogP contribution in [0, 0.1) is 18.7 Å². The summed E-state index contributed by atoms with van der Waals surface area (Å²) in [5, 5.41) is 13.6. The van der Waals surface area contributed by atoms with Crippen molar-refractivity contribution < 1.29 is 19.1 Å². The van der Waals surface area contributed by atoms with Crippen LogP contribution in [0.2, 0.25) is 0 Å². The number of rotatable bonds is 3. The summed E-state index contributed by atoms with van der Waals surface area (Å²) in [6.07, 6.45) is 3.94. The van der Waals surface area contributed by atoms with Gasteiger partial charge in [-0.15, -0.1) is 0 Å². The minimum atomic E-state index is -0.948. The van der Waals surface area contributed by atoms with Gasteiger partial charge in [0, 0.05) is 32.3 Å². The van der Waals surface area contributed by atoms with Crippen LogP contribution in [-0.2, 0) is 11.8 Å². The molecule has 6 nitrogen and oxygen atoms in total. The van der Waals surface area contributed by atoms with Crippen LogP contribution in [0.4, 0.5) is 4.39 Å². The molecule has 1 aliphatic rings. The molecule has 132 valence electrons. The minimum absolute atomic E-state index is 0.0176. The monoisotopic (exact) mass is 345 g/mol. The number of halogens is 1. The molecule has 1 N–H and O–H groups in total. The SMILES string of the molecule is Cc1ccc(F)c(C(=O)N2CC(C(=O)O)CC(c3cnn(C)c3)C2)c1. The van der Waals surface area contributed by atoms with Gasteiger partial charge in [-0.2, -0.15) is 5.10 Å². The van der Waals surface area contributed by atoms with Crippen LogP contribution < -0.4 is 0 Å². The third-order valence-corrected chi connectivity index (χ3v) is 4.64. The van der Waals surface area contributed by atoms with Gasteiger partial charge in [-0.05, 0) is 31.0 Å². The van der Waals surface area contributed by atoms with Crippen LogP contribution in [0.1, 0.15) is 33.8 Å². The van der Waals surface area contributed by atoms with Crippen molar-refractivity contribution in [1.29, 1.82) is 0 Å². The number of carboxylic acids is 1. The Morgan fingerprint density at radius 2 is 2.08 bits per heavy atom. The largest absolute Gasteiger partial charge is 0.481 e. The van der Waals surface area contributed by atoms with Gasteiger partial charge < -0.3 is 10.0 Å². The maximum atomic E-state index is 14.1. The average molecular weight is 345 g/mol. The Morgan fingerprint density at radius 1 is 1.32 bits per heavy atom. The fourth-order valence-corrected chi connectivity index (χ4v) is 3.31. The number of carboxylic acid groups (broad SMARTS) is 1. The normalized spacial score (nSPS) is 20.5. The second-order valence-corrected chi connectivity index (χ2v) is 6.61. The number of piperidine rings is 1. The Hall–Kier alpha value is -2.70. The van der Waals surface area contributed by atoms with Gasteiger partial charge in [0.2, 0.25) is 0 Å². The van der Waals surface area contributed by atoms with Crippen LogP contribution in [0.3, 0.4) is 0 Å². The number of hydrogen-bond acceptors (Lipinski definition) is 3. The zero-order valence-electron chi connectivity index (χ0n) is 14.1. The molecule has 1 aromatic carbocycles. The van der Waals surface area contributed by atoms with E-state index in [-0.39, 0.29) is 18.0 Å². The summed E-state index contributed by atoms with van der Waals surface area (Å²) < 4.78 is 15.7. The number of hydrogen-bond donors (Lipinski definition) is 1. The van der Waals surface area contributed by atoms with Crippen molar-refractivity contribution in [3.05, 3.63) is 53.1 Å². The highest BCUT2D eigenvalue weighted by molar-refractivity contribution is 5.95. The molecule has 1 aromatic heterocycles. The lowest BCUT2D eigenvalue weighted by Crippen LogP contribution is -2.45. The maximum Gasteiger partial charge on any atom is 0.308 e. The standard InChI is InChI=1S/C18H20FN3O3/c1-11-3-4-16(19)15(5-11)17(23)22-9-12(6-13(10-22)18(24)25)14-7-20-21(2)8-14/h3-5,7-8,12-13H,6,9-10H2,1-2H3,(H,24,25). The number of aryl methyl sites for hydroxylation is 2. The van der Waals surface area contributed by atoms with Gasteiger partial charge in [-0.25, -0.2) is 4.39 Å². The molecule has 7 heteroatoms. The highest BCUT2D eigenvalue weighted by atomic mass is 19.1. The average Bonchev–Trinajstić information content (AvgIpc) is 3.02. The van der Waals surface area contributed by atoms with Gasteiger partial charge in [-0.1, -0.05) is 11.6 Å². The van der Waals surface area contributed by atoms with Gasteiger partial charge in [0.1, 0.15) is 5.82 Å². The van der Waals surface area contributed by atoms with E-state index in [1.165, 1.54) is 17.0 Å². The van der Waals surface area contributed by atoms with Gasteiger partial charge in [0.15, 0.2) is 0 Å². The summed E-state index contributed by atoms with van der Waals surface area (Å²) in [6, 6.07) is 4.36. The Labute approximate surface area is 144 Å². The molecular weight excluding hydrogens is 325 g/mol. The van der Waals surface area contributed by atoms with Crippen molar-refractivity contribution >= 4 is 11.9 Å². The molecule has 2 atom stereocenters. The van der Waals surface area contributed by atoms with Crippen LogP contribution in [-0.4, -0.2) is 44.8 Å². The summed E-state index contributed by atoms with van der Waals surface area (Å²) >= 11 is 0. The number of amides is 1. The summed E-state index contributed by atoms with van der Waals surface area (Å²) in [4.78, 5) is 25.8. The van der Waals surface area contributed by atoms with E-state index in [0.717, 1.165) is 11.1 Å². The zero-order valence-corrected chi connectivity index (χ0v) is 14.1. The van der Waals surface area contributed by atoms with Crippen molar-refractivity contribution in [3.63, 3.8) is 0 Å². The van der Waals surface area contributed by atoms with Gasteiger partial charge in [0.05, 0.1) is 17.7 Å². The van der Waals surface area contributed by atoms with E-state index >= 15 is 0 Å². The molecule has 2 heterocycles. The number of nitrogens with zero attached hydrogens (tertiary/aromatic N) is 3. The molecule has 1 fully saturated rings. The number of aromatic nitrogens is 2. The molecule has 0 aliphatic carbocycles. The predicted octanol–water partition coefficient (Wildman–Crippen LogP) is 2.20. The third-order valence-electron chi connectivity index (χ3n) is 4.64. The Bertz CT molecular complexity index is 818. The van der Waals surface area contributed by atoms with Crippen LogP contribution in [0.5, 0.6) is 0 Å². The van der Waals surface area contributed by atoms with E-state index in [4.69, 9.17) is 0 Å². The molecule has 3 rings (SSSR count). The quantitative estimate of drug-likeness (QED) is 0.925. The maximum absolute atomic E-state index is 14.1. The van der Waals surface area contributed by atoms with Crippen LogP contribution >= 0.6 is 0 Å². The predicted molar refractivity (Wildman–Crippen MR) is 88.7 cm³/mol. The van der Waals surface area contributed by atoms with E-state index < -0.39 is 23.6 Å². The molecule has 1 amide bonds. The first-order valence-corrected chi connectivity index (χ1v) is 8.12. The molecule has 0 spiro atoms. The molecule has 25 heavy (non-hydrogen) atoms. The zero-order chi connectivity index (χ0) is 18.1. The van der Waals surface area contributed by atoms with Crippen molar-refractivity contribution in [2.24, 2.45) is 13.0 Å². The molecule has 0 saturated carbocycles. The lowest BCUT2D eigenvalue weighted by Gasteiger charge is -2.36. The lowest BCUT2D eigenvalue weighted by atomic mass is 9.85. The van der Waals surface area contributed by atoms with Crippen LogP contribution in [0.25, 0.3) is 0 Å². The first-order valence-electron chi connectivity index (χ1n) is 8.12. The molecule has 2 aromatic rings. The minimum Gasteiger partial charge on any atom is -0.481 e. The molecule has 1 saturated heterocycles. The Balaban J connectivity index is 1.89. The first kappa shape index (κ1) is 17.1. The second-order valence-electron chi connectivity index (χ2n) is 6.61. The summed E-state index contributed by atoms with van der Waals surface area (Å²) in [5.41, 5.74) is 1.65.